The molecule has 0 aliphatic carbocycles. The molecule has 1 fully saturated rings. The molecule has 0 aromatic carbocycles. The maximum atomic E-state index is 12.2. The summed E-state index contributed by atoms with van der Waals surface area (Å²) in [5.41, 5.74) is 2.16. The summed E-state index contributed by atoms with van der Waals surface area (Å²) in [6.45, 7) is 1.88. The number of aromatic nitrogens is 2. The van der Waals surface area contributed by atoms with E-state index in [1.54, 1.807) is 23.4 Å². The average Bonchev–Trinajstić information content (AvgIpc) is 2.65. The first-order valence-electron chi connectivity index (χ1n) is 9.20. The number of amides is 1. The van der Waals surface area contributed by atoms with Crippen LogP contribution in [0.1, 0.15) is 0 Å². The van der Waals surface area contributed by atoms with E-state index in [4.69, 9.17) is 0 Å². The number of pyridine rings is 2. The number of H-pyrrole nitrogens is 1. The van der Waals surface area contributed by atoms with Crippen LogP contribution in [0.2, 0.25) is 0 Å². The van der Waals surface area contributed by atoms with Gasteiger partial charge >= 0.3 is 0 Å². The fourth-order valence-corrected chi connectivity index (χ4v) is 2.94. The molecule has 3 rings (SSSR count). The zero-order valence-corrected chi connectivity index (χ0v) is 16.4. The van der Waals surface area contributed by atoms with E-state index in [-0.39, 0.29) is 17.5 Å². The molecule has 1 amide bonds. The normalized spacial score (nSPS) is 14.4. The van der Waals surface area contributed by atoms with Crippen LogP contribution in [0.5, 0.6) is 0 Å². The molecule has 8 nitrogen and oxygen atoms in total. The number of likely N-dealkylation sites (tertiary alicyclic amines) is 1. The summed E-state index contributed by atoms with van der Waals surface area (Å²) in [7, 11) is 5.72. The fourth-order valence-electron chi connectivity index (χ4n) is 2.94. The Labute approximate surface area is 164 Å². The third-order valence-corrected chi connectivity index (χ3v) is 4.54. The number of anilines is 2. The van der Waals surface area contributed by atoms with Gasteiger partial charge in [0.15, 0.2) is 0 Å². The standard InChI is InChI=1S/C20H26N6O2/c1-21-18-10-14(6-7-22-18)15-9-17(20(28)23-11-15)24-16-12-26(13-16)19(27)5-4-8-25(2)3/h4-7,9-11,16,24H,8,12-13H2,1-3H3,(H,21,22)(H,23,28)/b5-4+. The number of aromatic amines is 1. The Balaban J connectivity index is 1.62. The van der Waals surface area contributed by atoms with Gasteiger partial charge in [0, 0.05) is 50.7 Å². The van der Waals surface area contributed by atoms with Gasteiger partial charge in [-0.25, -0.2) is 4.98 Å². The molecule has 2 aromatic heterocycles. The molecule has 1 aliphatic rings. The maximum absolute atomic E-state index is 12.2. The predicted molar refractivity (Wildman–Crippen MR) is 112 cm³/mol. The lowest BCUT2D eigenvalue weighted by atomic mass is 10.1. The molecule has 1 aliphatic heterocycles. The van der Waals surface area contributed by atoms with Crippen molar-refractivity contribution in [2.24, 2.45) is 0 Å². The first-order valence-corrected chi connectivity index (χ1v) is 9.20. The van der Waals surface area contributed by atoms with Gasteiger partial charge in [0.05, 0.1) is 6.04 Å². The van der Waals surface area contributed by atoms with E-state index in [1.807, 2.05) is 50.3 Å². The summed E-state index contributed by atoms with van der Waals surface area (Å²) in [6, 6.07) is 5.70. The number of likely N-dealkylation sites (N-methyl/N-ethyl adjacent to an activating group) is 1. The van der Waals surface area contributed by atoms with E-state index in [2.05, 4.69) is 20.6 Å². The van der Waals surface area contributed by atoms with Crippen molar-refractivity contribution in [3.05, 3.63) is 53.1 Å². The third-order valence-electron chi connectivity index (χ3n) is 4.54. The van der Waals surface area contributed by atoms with Crippen molar-refractivity contribution in [1.29, 1.82) is 0 Å². The van der Waals surface area contributed by atoms with Crippen LogP contribution in [-0.4, -0.2) is 72.5 Å². The number of carbonyl (C=O) groups excluding carboxylic acids is 1. The van der Waals surface area contributed by atoms with Crippen LogP contribution >= 0.6 is 0 Å². The number of hydrogen-bond donors (Lipinski definition) is 3. The van der Waals surface area contributed by atoms with Gasteiger partial charge in [0.2, 0.25) is 5.91 Å². The van der Waals surface area contributed by atoms with Gasteiger partial charge in [-0.15, -0.1) is 0 Å². The minimum atomic E-state index is -0.178. The molecule has 28 heavy (non-hydrogen) atoms. The quantitative estimate of drug-likeness (QED) is 0.624. The second-order valence-electron chi connectivity index (χ2n) is 7.06. The van der Waals surface area contributed by atoms with Crippen molar-refractivity contribution in [1.82, 2.24) is 19.8 Å². The summed E-state index contributed by atoms with van der Waals surface area (Å²) in [4.78, 5) is 35.0. The van der Waals surface area contributed by atoms with Gasteiger partial charge in [-0.05, 0) is 37.9 Å². The maximum Gasteiger partial charge on any atom is 0.271 e. The highest BCUT2D eigenvalue weighted by molar-refractivity contribution is 5.88. The van der Waals surface area contributed by atoms with Crippen LogP contribution in [0.3, 0.4) is 0 Å². The predicted octanol–water partition coefficient (Wildman–Crippen LogP) is 1.22. The number of nitrogens with zero attached hydrogens (tertiary/aromatic N) is 3. The molecule has 3 N–H and O–H groups in total. The van der Waals surface area contributed by atoms with Gasteiger partial charge in [-0.3, -0.25) is 9.59 Å². The lowest BCUT2D eigenvalue weighted by Gasteiger charge is -2.39. The molecular weight excluding hydrogens is 356 g/mol. The van der Waals surface area contributed by atoms with E-state index in [1.165, 1.54) is 0 Å². The van der Waals surface area contributed by atoms with Crippen LogP contribution < -0.4 is 16.2 Å². The third kappa shape index (κ3) is 4.77. The van der Waals surface area contributed by atoms with E-state index in [9.17, 15) is 9.59 Å². The topological polar surface area (TPSA) is 93.4 Å². The van der Waals surface area contributed by atoms with Gasteiger partial charge in [0.25, 0.3) is 5.56 Å². The van der Waals surface area contributed by atoms with Crippen molar-refractivity contribution >= 4 is 17.4 Å². The molecule has 2 aromatic rings. The average molecular weight is 382 g/mol. The number of rotatable bonds is 7. The van der Waals surface area contributed by atoms with Gasteiger partial charge < -0.3 is 25.4 Å². The van der Waals surface area contributed by atoms with Crippen molar-refractivity contribution in [3.8, 4) is 11.1 Å². The first-order chi connectivity index (χ1) is 13.5. The van der Waals surface area contributed by atoms with Crippen LogP contribution in [0.4, 0.5) is 11.5 Å². The largest absolute Gasteiger partial charge is 0.374 e. The molecule has 0 atom stereocenters. The molecule has 1 saturated heterocycles. The second kappa shape index (κ2) is 8.71. The number of carbonyl (C=O) groups is 1. The van der Waals surface area contributed by atoms with Crippen molar-refractivity contribution in [2.75, 3.05) is 51.4 Å². The van der Waals surface area contributed by atoms with Crippen molar-refractivity contribution in [2.45, 2.75) is 6.04 Å². The summed E-state index contributed by atoms with van der Waals surface area (Å²) in [6.07, 6.45) is 6.87. The van der Waals surface area contributed by atoms with Crippen LogP contribution in [-0.2, 0) is 4.79 Å². The minimum Gasteiger partial charge on any atom is -0.374 e. The van der Waals surface area contributed by atoms with Gasteiger partial charge in [-0.1, -0.05) is 6.08 Å². The Morgan fingerprint density at radius 2 is 2.14 bits per heavy atom. The van der Waals surface area contributed by atoms with E-state index >= 15 is 0 Å². The highest BCUT2D eigenvalue weighted by Crippen LogP contribution is 2.22. The summed E-state index contributed by atoms with van der Waals surface area (Å²) < 4.78 is 0. The molecule has 0 radical (unpaired) electrons. The summed E-state index contributed by atoms with van der Waals surface area (Å²) in [5.74, 6) is 0.757. The Hall–Kier alpha value is -3.13. The Kier molecular flexibility index (Phi) is 6.10. The SMILES string of the molecule is CNc1cc(-c2c[nH]c(=O)c(NC3CN(C(=O)/C=C/CN(C)C)C3)c2)ccn1. The van der Waals surface area contributed by atoms with Crippen LogP contribution in [0.15, 0.2) is 47.5 Å². The Morgan fingerprint density at radius 3 is 2.86 bits per heavy atom. The highest BCUT2D eigenvalue weighted by Gasteiger charge is 2.29. The second-order valence-corrected chi connectivity index (χ2v) is 7.06. The van der Waals surface area contributed by atoms with Crippen molar-refractivity contribution < 1.29 is 4.79 Å². The van der Waals surface area contributed by atoms with Gasteiger partial charge in [-0.2, -0.15) is 0 Å². The Bertz CT molecular complexity index is 915. The lowest BCUT2D eigenvalue weighted by Crippen LogP contribution is -2.57. The molecule has 0 bridgehead atoms. The number of nitrogens with one attached hydrogen (secondary N) is 3. The molecule has 3 heterocycles. The summed E-state index contributed by atoms with van der Waals surface area (Å²) >= 11 is 0. The van der Waals surface area contributed by atoms with Crippen LogP contribution in [0.25, 0.3) is 11.1 Å². The fraction of sp³-hybridized carbons (Fsp3) is 0.350. The molecule has 0 unspecified atom stereocenters. The monoisotopic (exact) mass is 382 g/mol. The zero-order valence-electron chi connectivity index (χ0n) is 16.4. The Morgan fingerprint density at radius 1 is 1.36 bits per heavy atom. The molecule has 148 valence electrons. The van der Waals surface area contributed by atoms with E-state index < -0.39 is 0 Å². The van der Waals surface area contributed by atoms with E-state index in [0.717, 1.165) is 23.5 Å². The van der Waals surface area contributed by atoms with Gasteiger partial charge in [0.1, 0.15) is 11.5 Å². The lowest BCUT2D eigenvalue weighted by molar-refractivity contribution is -0.129. The first kappa shape index (κ1) is 19.6. The highest BCUT2D eigenvalue weighted by atomic mass is 16.2. The zero-order chi connectivity index (χ0) is 20.1. The molecule has 0 saturated carbocycles. The molecular formula is C20H26N6O2. The minimum absolute atomic E-state index is 0.000981. The number of hydrogen-bond acceptors (Lipinski definition) is 6. The molecule has 0 spiro atoms. The molecule has 8 heteroatoms. The smallest absolute Gasteiger partial charge is 0.271 e. The van der Waals surface area contributed by atoms with E-state index in [0.29, 0.717) is 18.8 Å². The van der Waals surface area contributed by atoms with Crippen LogP contribution in [0, 0.1) is 0 Å². The van der Waals surface area contributed by atoms with Crippen molar-refractivity contribution in [3.63, 3.8) is 0 Å². The summed E-state index contributed by atoms with van der Waals surface area (Å²) in [5, 5.41) is 6.25.